The monoisotopic (exact) mass is 406 g/mol. The Hall–Kier alpha value is -3.92. The first-order chi connectivity index (χ1) is 14.6. The highest BCUT2D eigenvalue weighted by Gasteiger charge is 2.13. The van der Waals surface area contributed by atoms with Crippen LogP contribution >= 0.6 is 0 Å². The fourth-order valence-electron chi connectivity index (χ4n) is 3.07. The van der Waals surface area contributed by atoms with Gasteiger partial charge in [-0.05, 0) is 29.7 Å². The van der Waals surface area contributed by atoms with Gasteiger partial charge in [-0.15, -0.1) is 10.2 Å². The molecule has 0 atom stereocenters. The van der Waals surface area contributed by atoms with Crippen LogP contribution in [-0.4, -0.2) is 41.1 Å². The van der Waals surface area contributed by atoms with Crippen LogP contribution in [-0.2, 0) is 6.54 Å². The van der Waals surface area contributed by atoms with E-state index in [4.69, 9.17) is 5.73 Å². The summed E-state index contributed by atoms with van der Waals surface area (Å²) in [5.74, 6) is 1.16. The second kappa shape index (κ2) is 8.21. The predicted octanol–water partition coefficient (Wildman–Crippen LogP) is 2.00. The first-order valence-electron chi connectivity index (χ1n) is 9.17. The molecule has 30 heavy (non-hydrogen) atoms. The molecule has 3 aromatic heterocycles. The van der Waals surface area contributed by atoms with Crippen LogP contribution in [0.1, 0.15) is 5.56 Å². The summed E-state index contributed by atoms with van der Waals surface area (Å²) in [5.41, 5.74) is 8.92. The van der Waals surface area contributed by atoms with Crippen LogP contribution in [0.15, 0.2) is 65.9 Å². The normalized spacial score (nSPS) is 11.8. The second-order valence-corrected chi connectivity index (χ2v) is 6.69. The number of nitrogens with zero attached hydrogens (tertiary/aromatic N) is 6. The van der Waals surface area contributed by atoms with Crippen molar-refractivity contribution >= 4 is 0 Å². The van der Waals surface area contributed by atoms with E-state index in [-0.39, 0.29) is 18.7 Å². The smallest absolute Gasteiger partial charge is 0.328 e. The van der Waals surface area contributed by atoms with Gasteiger partial charge in [0, 0.05) is 23.9 Å². The lowest BCUT2D eigenvalue weighted by Crippen LogP contribution is -2.26. The Labute approximate surface area is 170 Å². The maximum atomic E-state index is 12.8. The highest BCUT2D eigenvalue weighted by atomic mass is 19.1. The average Bonchev–Trinajstić information content (AvgIpc) is 3.43. The maximum Gasteiger partial charge on any atom is 0.351 e. The highest BCUT2D eigenvalue weighted by molar-refractivity contribution is 5.68. The Morgan fingerprint density at radius 3 is 2.63 bits per heavy atom. The zero-order chi connectivity index (χ0) is 21.1. The number of H-pyrrole nitrogens is 1. The molecule has 0 saturated heterocycles. The lowest BCUT2D eigenvalue weighted by molar-refractivity contribution is 0.612. The van der Waals surface area contributed by atoms with E-state index in [0.717, 1.165) is 26.9 Å². The molecule has 0 aliphatic heterocycles. The molecule has 0 aliphatic rings. The van der Waals surface area contributed by atoms with Crippen LogP contribution in [0.4, 0.5) is 4.39 Å². The lowest BCUT2D eigenvalue weighted by atomic mass is 10.0. The summed E-state index contributed by atoms with van der Waals surface area (Å²) < 4.78 is 15.2. The van der Waals surface area contributed by atoms with E-state index < -0.39 is 5.69 Å². The van der Waals surface area contributed by atoms with Crippen LogP contribution < -0.4 is 11.4 Å². The first-order valence-corrected chi connectivity index (χ1v) is 9.17. The van der Waals surface area contributed by atoms with Crippen LogP contribution in [0.25, 0.3) is 28.3 Å². The molecule has 10 heteroatoms. The van der Waals surface area contributed by atoms with E-state index >= 15 is 0 Å². The number of hydrogen-bond donors (Lipinski definition) is 2. The minimum atomic E-state index is -0.414. The van der Waals surface area contributed by atoms with Gasteiger partial charge in [-0.3, -0.25) is 0 Å². The van der Waals surface area contributed by atoms with Gasteiger partial charge in [-0.25, -0.2) is 23.4 Å². The highest BCUT2D eigenvalue weighted by Crippen LogP contribution is 2.24. The van der Waals surface area contributed by atoms with Crippen molar-refractivity contribution < 1.29 is 4.39 Å². The Morgan fingerprint density at radius 2 is 2.00 bits per heavy atom. The third-order valence-corrected chi connectivity index (χ3v) is 4.69. The zero-order valence-corrected chi connectivity index (χ0v) is 16.2. The minimum absolute atomic E-state index is 0.00645. The van der Waals surface area contributed by atoms with Gasteiger partial charge in [0.1, 0.15) is 18.5 Å². The van der Waals surface area contributed by atoms with Gasteiger partial charge < -0.3 is 10.7 Å². The number of hydrogen-bond acceptors (Lipinski definition) is 6. The molecule has 4 aromatic rings. The molecule has 152 valence electrons. The third kappa shape index (κ3) is 3.67. The second-order valence-electron chi connectivity index (χ2n) is 6.69. The Morgan fingerprint density at radius 1 is 1.23 bits per heavy atom. The summed E-state index contributed by atoms with van der Waals surface area (Å²) >= 11 is 0. The SMILES string of the molecule is Cc1cc(-c2ccc(-c3nnc[nH]3)cc2)cnc1-n1cnn(C/C(=C\F)CN)c1=O. The maximum absolute atomic E-state index is 12.8. The molecular formula is C20H19FN8O. The summed E-state index contributed by atoms with van der Waals surface area (Å²) in [5, 5.41) is 11.8. The molecule has 3 N–H and O–H groups in total. The molecular weight excluding hydrogens is 387 g/mol. The molecule has 4 rings (SSSR count). The third-order valence-electron chi connectivity index (χ3n) is 4.69. The number of pyridine rings is 1. The van der Waals surface area contributed by atoms with E-state index in [1.165, 1.54) is 17.2 Å². The standard InChI is InChI=1S/C20H19FN8O/c1-13-6-17(15-2-4-16(5-3-15)18-24-11-25-27-18)9-23-19(13)28-12-26-29(20(28)30)10-14(7-21)8-22/h2-7,9,11-12H,8,10,22H2,1H3,(H,24,25,27)/b14-7-. The van der Waals surface area contributed by atoms with Gasteiger partial charge in [-0.2, -0.15) is 5.10 Å². The van der Waals surface area contributed by atoms with Crippen molar-refractivity contribution in [2.75, 3.05) is 6.54 Å². The van der Waals surface area contributed by atoms with Gasteiger partial charge in [0.15, 0.2) is 5.82 Å². The Balaban J connectivity index is 1.61. The van der Waals surface area contributed by atoms with Gasteiger partial charge >= 0.3 is 5.69 Å². The minimum Gasteiger partial charge on any atom is -0.328 e. The quantitative estimate of drug-likeness (QED) is 0.505. The molecule has 0 fully saturated rings. The van der Waals surface area contributed by atoms with E-state index in [1.54, 1.807) is 6.20 Å². The molecule has 0 unspecified atom stereocenters. The van der Waals surface area contributed by atoms with E-state index in [0.29, 0.717) is 18.0 Å². The molecule has 0 amide bonds. The van der Waals surface area contributed by atoms with Gasteiger partial charge in [0.2, 0.25) is 0 Å². The van der Waals surface area contributed by atoms with Gasteiger partial charge in [-0.1, -0.05) is 24.3 Å². The zero-order valence-electron chi connectivity index (χ0n) is 16.2. The summed E-state index contributed by atoms with van der Waals surface area (Å²) in [6.07, 6.45) is 5.00. The van der Waals surface area contributed by atoms with Gasteiger partial charge in [0.25, 0.3) is 0 Å². The van der Waals surface area contributed by atoms with Crippen molar-refractivity contribution in [1.29, 1.82) is 0 Å². The fourth-order valence-corrected chi connectivity index (χ4v) is 3.07. The summed E-state index contributed by atoms with van der Waals surface area (Å²) in [7, 11) is 0. The molecule has 0 bridgehead atoms. The van der Waals surface area contributed by atoms with E-state index in [1.807, 2.05) is 37.3 Å². The molecule has 1 aromatic carbocycles. The lowest BCUT2D eigenvalue weighted by Gasteiger charge is -2.08. The van der Waals surface area contributed by atoms with Crippen molar-refractivity contribution in [3.05, 3.63) is 77.1 Å². The van der Waals surface area contributed by atoms with Crippen molar-refractivity contribution in [1.82, 2.24) is 34.5 Å². The average molecular weight is 406 g/mol. The molecule has 0 radical (unpaired) electrons. The fraction of sp³-hybridized carbons (Fsp3) is 0.150. The number of aromatic nitrogens is 7. The van der Waals surface area contributed by atoms with E-state index in [9.17, 15) is 9.18 Å². The predicted molar refractivity (Wildman–Crippen MR) is 109 cm³/mol. The number of aromatic amines is 1. The van der Waals surface area contributed by atoms with Crippen molar-refractivity contribution in [3.63, 3.8) is 0 Å². The topological polar surface area (TPSA) is 120 Å². The summed E-state index contributed by atoms with van der Waals surface area (Å²) in [6.45, 7) is 1.87. The molecule has 3 heterocycles. The van der Waals surface area contributed by atoms with Crippen LogP contribution in [0.2, 0.25) is 0 Å². The van der Waals surface area contributed by atoms with Crippen molar-refractivity contribution in [2.45, 2.75) is 13.5 Å². The van der Waals surface area contributed by atoms with Crippen LogP contribution in [0.5, 0.6) is 0 Å². The molecule has 0 aliphatic carbocycles. The first kappa shape index (κ1) is 19.4. The van der Waals surface area contributed by atoms with E-state index in [2.05, 4.69) is 25.3 Å². The van der Waals surface area contributed by atoms with Crippen molar-refractivity contribution in [2.24, 2.45) is 5.73 Å². The summed E-state index contributed by atoms with van der Waals surface area (Å²) in [4.78, 5) is 20.0. The number of nitrogens with two attached hydrogens (primary N) is 1. The number of benzene rings is 1. The number of rotatable bonds is 6. The number of halogens is 1. The number of aryl methyl sites for hydroxylation is 1. The molecule has 9 nitrogen and oxygen atoms in total. The van der Waals surface area contributed by atoms with Crippen LogP contribution in [0, 0.1) is 6.92 Å². The van der Waals surface area contributed by atoms with Crippen LogP contribution in [0.3, 0.4) is 0 Å². The van der Waals surface area contributed by atoms with Crippen molar-refractivity contribution in [3.8, 4) is 28.3 Å². The Kier molecular flexibility index (Phi) is 5.31. The number of nitrogens with one attached hydrogen (secondary N) is 1. The molecule has 0 spiro atoms. The summed E-state index contributed by atoms with van der Waals surface area (Å²) in [6, 6.07) is 9.77. The molecule has 0 saturated carbocycles. The Bertz CT molecular complexity index is 1240. The largest absolute Gasteiger partial charge is 0.351 e. The van der Waals surface area contributed by atoms with Gasteiger partial charge in [0.05, 0.1) is 12.9 Å².